The molecule has 2 heterocycles. The lowest BCUT2D eigenvalue weighted by atomic mass is 9.95. The van der Waals surface area contributed by atoms with Gasteiger partial charge < -0.3 is 19.3 Å². The van der Waals surface area contributed by atoms with E-state index in [-0.39, 0.29) is 16.5 Å². The molecule has 10 heteroatoms. The van der Waals surface area contributed by atoms with E-state index in [1.807, 2.05) is 0 Å². The number of nitrogens with zero attached hydrogens (tertiary/aromatic N) is 3. The molecule has 1 atom stereocenters. The van der Waals surface area contributed by atoms with Gasteiger partial charge in [0.05, 0.1) is 32.9 Å². The number of benzene rings is 2. The molecule has 4 rings (SSSR count). The minimum absolute atomic E-state index is 0.0646. The van der Waals surface area contributed by atoms with Crippen LogP contribution in [-0.4, -0.2) is 48.3 Å². The maximum atomic E-state index is 13.2. The van der Waals surface area contributed by atoms with Gasteiger partial charge in [0, 0.05) is 5.56 Å². The van der Waals surface area contributed by atoms with Crippen LogP contribution in [0.15, 0.2) is 48.0 Å². The number of amides is 1. The number of ether oxygens (including phenoxy) is 3. The summed E-state index contributed by atoms with van der Waals surface area (Å²) in [4.78, 5) is 27.5. The van der Waals surface area contributed by atoms with Gasteiger partial charge in [-0.3, -0.25) is 14.5 Å². The van der Waals surface area contributed by atoms with Crippen molar-refractivity contribution >= 4 is 33.9 Å². The third-order valence-corrected chi connectivity index (χ3v) is 6.09. The van der Waals surface area contributed by atoms with Gasteiger partial charge in [0.25, 0.3) is 5.78 Å². The first-order chi connectivity index (χ1) is 15.9. The number of aliphatic hydroxyl groups excluding tert-OH is 1. The van der Waals surface area contributed by atoms with Crippen LogP contribution < -0.4 is 19.1 Å². The Morgan fingerprint density at radius 2 is 1.67 bits per heavy atom. The maximum Gasteiger partial charge on any atom is 0.301 e. The number of methoxy groups -OCH3 is 3. The van der Waals surface area contributed by atoms with Gasteiger partial charge in [-0.2, -0.15) is 0 Å². The topological polar surface area (TPSA) is 111 Å². The van der Waals surface area contributed by atoms with Crippen LogP contribution in [0.3, 0.4) is 0 Å². The predicted octanol–water partition coefficient (Wildman–Crippen LogP) is 3.50. The minimum Gasteiger partial charge on any atom is -0.507 e. The van der Waals surface area contributed by atoms with Crippen molar-refractivity contribution in [1.82, 2.24) is 10.2 Å². The van der Waals surface area contributed by atoms with Crippen molar-refractivity contribution in [1.29, 1.82) is 0 Å². The number of carbonyl (C=O) groups excluding carboxylic acids is 2. The van der Waals surface area contributed by atoms with Crippen molar-refractivity contribution in [3.63, 3.8) is 0 Å². The first kappa shape index (κ1) is 22.3. The normalized spacial score (nSPS) is 17.3. The maximum absolute atomic E-state index is 13.2. The highest BCUT2D eigenvalue weighted by Crippen LogP contribution is 2.44. The van der Waals surface area contributed by atoms with E-state index in [0.29, 0.717) is 33.4 Å². The molecule has 1 fully saturated rings. The van der Waals surface area contributed by atoms with Gasteiger partial charge in [-0.15, -0.1) is 10.2 Å². The molecule has 9 nitrogen and oxygen atoms in total. The van der Waals surface area contributed by atoms with E-state index in [1.54, 1.807) is 49.4 Å². The van der Waals surface area contributed by atoms with E-state index in [4.69, 9.17) is 14.2 Å². The van der Waals surface area contributed by atoms with Crippen LogP contribution in [0, 0.1) is 6.92 Å². The molecule has 0 unspecified atom stereocenters. The summed E-state index contributed by atoms with van der Waals surface area (Å²) in [7, 11) is 4.53. The van der Waals surface area contributed by atoms with Crippen LogP contribution in [-0.2, 0) is 9.59 Å². The first-order valence-corrected chi connectivity index (χ1v) is 10.7. The van der Waals surface area contributed by atoms with Gasteiger partial charge >= 0.3 is 5.91 Å². The predicted molar refractivity (Wildman–Crippen MR) is 122 cm³/mol. The highest BCUT2D eigenvalue weighted by Gasteiger charge is 2.48. The Balaban J connectivity index is 1.93. The van der Waals surface area contributed by atoms with Crippen molar-refractivity contribution in [3.05, 3.63) is 64.2 Å². The van der Waals surface area contributed by atoms with E-state index in [2.05, 4.69) is 10.2 Å². The number of aromatic nitrogens is 2. The summed E-state index contributed by atoms with van der Waals surface area (Å²) in [6.45, 7) is 1.75. The van der Waals surface area contributed by atoms with Gasteiger partial charge in [-0.1, -0.05) is 17.4 Å². The number of anilines is 1. The number of rotatable bonds is 6. The second-order valence-electron chi connectivity index (χ2n) is 7.12. The van der Waals surface area contributed by atoms with Gasteiger partial charge in [0.1, 0.15) is 16.5 Å². The highest BCUT2D eigenvalue weighted by atomic mass is 32.1. The second kappa shape index (κ2) is 8.91. The lowest BCUT2D eigenvalue weighted by Gasteiger charge is -2.23. The molecule has 3 aromatic rings. The Labute approximate surface area is 193 Å². The Kier molecular flexibility index (Phi) is 6.01. The van der Waals surface area contributed by atoms with Gasteiger partial charge in [0.15, 0.2) is 11.5 Å². The van der Waals surface area contributed by atoms with Gasteiger partial charge in [0.2, 0.25) is 5.13 Å². The highest BCUT2D eigenvalue weighted by molar-refractivity contribution is 7.15. The standard InChI is InChI=1S/C23H21N3O6S/c1-12-24-25-23(33-12)26-19(14-7-10-16(31-3)17(11-14)32-4)18(21(28)22(26)29)20(27)13-5-8-15(30-2)9-6-13/h5-11,19,27H,1-4H3/t19-/m1/s1. The number of hydrogen-bond donors (Lipinski definition) is 1. The van der Waals surface area contributed by atoms with Crippen molar-refractivity contribution in [2.24, 2.45) is 0 Å². The first-order valence-electron chi connectivity index (χ1n) is 9.87. The monoisotopic (exact) mass is 467 g/mol. The fraction of sp³-hybridized carbons (Fsp3) is 0.217. The van der Waals surface area contributed by atoms with Crippen LogP contribution >= 0.6 is 11.3 Å². The molecule has 0 aliphatic carbocycles. The van der Waals surface area contributed by atoms with E-state index in [0.717, 1.165) is 0 Å². The molecule has 1 aliphatic rings. The average Bonchev–Trinajstić information content (AvgIpc) is 3.38. The van der Waals surface area contributed by atoms with E-state index in [1.165, 1.54) is 37.6 Å². The van der Waals surface area contributed by atoms with Crippen molar-refractivity contribution in [2.75, 3.05) is 26.2 Å². The minimum atomic E-state index is -0.945. The second-order valence-corrected chi connectivity index (χ2v) is 8.28. The Bertz CT molecular complexity index is 1250. The fourth-order valence-electron chi connectivity index (χ4n) is 3.66. The summed E-state index contributed by atoms with van der Waals surface area (Å²) in [5, 5.41) is 20.1. The third-order valence-electron chi connectivity index (χ3n) is 5.25. The molecule has 1 aromatic heterocycles. The summed E-state index contributed by atoms with van der Waals surface area (Å²) in [6.07, 6.45) is 0. The molecule has 1 saturated heterocycles. The summed E-state index contributed by atoms with van der Waals surface area (Å²) in [5.41, 5.74) is 0.840. The SMILES string of the molecule is COc1ccc(C(O)=C2C(=O)C(=O)N(c3nnc(C)s3)[C@@H]2c2ccc(OC)c(OC)c2)cc1. The summed E-state index contributed by atoms with van der Waals surface area (Å²) >= 11 is 1.18. The quantitative estimate of drug-likeness (QED) is 0.333. The molecule has 33 heavy (non-hydrogen) atoms. The Morgan fingerprint density at radius 3 is 2.24 bits per heavy atom. The number of ketones is 1. The zero-order chi connectivity index (χ0) is 23.7. The molecule has 170 valence electrons. The van der Waals surface area contributed by atoms with Crippen LogP contribution in [0.2, 0.25) is 0 Å². The molecule has 0 spiro atoms. The van der Waals surface area contributed by atoms with E-state index >= 15 is 0 Å². The van der Waals surface area contributed by atoms with E-state index in [9.17, 15) is 14.7 Å². The van der Waals surface area contributed by atoms with Gasteiger partial charge in [-0.25, -0.2) is 0 Å². The summed E-state index contributed by atoms with van der Waals surface area (Å²) in [5.74, 6) is -0.442. The Hall–Kier alpha value is -3.92. The number of aryl methyl sites for hydroxylation is 1. The molecule has 1 N–H and O–H groups in total. The zero-order valence-corrected chi connectivity index (χ0v) is 19.2. The Morgan fingerprint density at radius 1 is 0.970 bits per heavy atom. The number of hydrogen-bond acceptors (Lipinski definition) is 9. The molecule has 0 saturated carbocycles. The smallest absolute Gasteiger partial charge is 0.301 e. The largest absolute Gasteiger partial charge is 0.507 e. The van der Waals surface area contributed by atoms with Crippen LogP contribution in [0.1, 0.15) is 22.2 Å². The lowest BCUT2D eigenvalue weighted by molar-refractivity contribution is -0.132. The molecule has 0 radical (unpaired) electrons. The number of Topliss-reactive ketones (excluding diaryl/α,β-unsaturated/α-hetero) is 1. The summed E-state index contributed by atoms with van der Waals surface area (Å²) < 4.78 is 15.9. The third kappa shape index (κ3) is 3.89. The lowest BCUT2D eigenvalue weighted by Crippen LogP contribution is -2.29. The molecular weight excluding hydrogens is 446 g/mol. The van der Waals surface area contributed by atoms with E-state index < -0.39 is 17.7 Å². The van der Waals surface area contributed by atoms with Crippen LogP contribution in [0.4, 0.5) is 5.13 Å². The van der Waals surface area contributed by atoms with Crippen molar-refractivity contribution < 1.29 is 28.9 Å². The molecule has 1 aliphatic heterocycles. The molecule has 2 aromatic carbocycles. The zero-order valence-electron chi connectivity index (χ0n) is 18.4. The molecule has 1 amide bonds. The van der Waals surface area contributed by atoms with Crippen molar-refractivity contribution in [2.45, 2.75) is 13.0 Å². The van der Waals surface area contributed by atoms with Gasteiger partial charge in [-0.05, 0) is 48.9 Å². The summed E-state index contributed by atoms with van der Waals surface area (Å²) in [6, 6.07) is 10.6. The average molecular weight is 468 g/mol. The molecule has 0 bridgehead atoms. The molecular formula is C23H21N3O6S. The van der Waals surface area contributed by atoms with Crippen molar-refractivity contribution in [3.8, 4) is 17.2 Å². The fourth-order valence-corrected chi connectivity index (χ4v) is 4.37. The number of carbonyl (C=O) groups is 2. The van der Waals surface area contributed by atoms with Crippen LogP contribution in [0.25, 0.3) is 5.76 Å². The van der Waals surface area contributed by atoms with Crippen LogP contribution in [0.5, 0.6) is 17.2 Å². The number of aliphatic hydroxyl groups is 1.